The molecular formula is C25H29N3O6S2. The highest BCUT2D eigenvalue weighted by Crippen LogP contribution is 2.24. The van der Waals surface area contributed by atoms with Crippen LogP contribution in [0.15, 0.2) is 54.6 Å². The van der Waals surface area contributed by atoms with E-state index in [2.05, 4.69) is 4.98 Å². The van der Waals surface area contributed by atoms with E-state index in [1.807, 2.05) is 30.3 Å². The number of primary sulfonamides is 1. The molecule has 0 radical (unpaired) electrons. The van der Waals surface area contributed by atoms with Gasteiger partial charge in [-0.3, -0.25) is 9.59 Å². The first kappa shape index (κ1) is 26.0. The summed E-state index contributed by atoms with van der Waals surface area (Å²) in [6, 6.07) is 16.1. The van der Waals surface area contributed by atoms with Gasteiger partial charge in [0, 0.05) is 11.4 Å². The summed E-state index contributed by atoms with van der Waals surface area (Å²) in [5.41, 5.74) is 1.49. The number of rotatable bonds is 12. The van der Waals surface area contributed by atoms with Crippen LogP contribution in [0.25, 0.3) is 0 Å². The number of benzene rings is 2. The van der Waals surface area contributed by atoms with Gasteiger partial charge in [0.25, 0.3) is 5.91 Å². The second-order valence-electron chi connectivity index (χ2n) is 8.21. The van der Waals surface area contributed by atoms with Crippen molar-refractivity contribution >= 4 is 33.1 Å². The van der Waals surface area contributed by atoms with Gasteiger partial charge in [-0.15, -0.1) is 11.3 Å². The van der Waals surface area contributed by atoms with Gasteiger partial charge in [0.1, 0.15) is 22.2 Å². The molecule has 0 saturated carbocycles. The Labute approximate surface area is 216 Å². The van der Waals surface area contributed by atoms with Crippen LogP contribution < -0.4 is 9.88 Å². The Morgan fingerprint density at radius 2 is 1.89 bits per heavy atom. The van der Waals surface area contributed by atoms with Gasteiger partial charge in [0.05, 0.1) is 15.0 Å². The Hall–Kier alpha value is -3.12. The molecule has 3 rings (SSSR count). The number of nitrogens with zero attached hydrogens (tertiary/aromatic N) is 2. The van der Waals surface area contributed by atoms with E-state index < -0.39 is 33.6 Å². The molecule has 1 aromatic heterocycles. The summed E-state index contributed by atoms with van der Waals surface area (Å²) in [5.74, 6) is -1.64. The highest BCUT2D eigenvalue weighted by atomic mass is 32.2. The van der Waals surface area contributed by atoms with E-state index >= 15 is 0 Å². The van der Waals surface area contributed by atoms with Gasteiger partial charge in [-0.1, -0.05) is 42.5 Å². The number of carbonyl (C=O) groups is 2. The molecular weight excluding hydrogens is 502 g/mol. The Kier molecular flexibility index (Phi) is 8.81. The molecule has 2 aromatic carbocycles. The predicted molar refractivity (Wildman–Crippen MR) is 137 cm³/mol. The van der Waals surface area contributed by atoms with Gasteiger partial charge >= 0.3 is 0 Å². The lowest BCUT2D eigenvalue weighted by molar-refractivity contribution is -0.141. The summed E-state index contributed by atoms with van der Waals surface area (Å²) in [6.45, 7) is 2.01. The number of Topliss-reactive ketones (excluding diaryl/α,β-unsaturated/α-hetero) is 1. The maximum absolute atomic E-state index is 13.3. The van der Waals surface area contributed by atoms with Crippen LogP contribution >= 0.6 is 11.3 Å². The zero-order valence-electron chi connectivity index (χ0n) is 20.8. The van der Waals surface area contributed by atoms with E-state index in [9.17, 15) is 23.1 Å². The number of hydrogen-bond acceptors (Lipinski definition) is 8. The number of sulfonamides is 1. The fourth-order valence-electron chi connectivity index (χ4n) is 3.64. The molecule has 36 heavy (non-hydrogen) atoms. The van der Waals surface area contributed by atoms with E-state index in [0.717, 1.165) is 12.0 Å². The van der Waals surface area contributed by atoms with E-state index in [1.165, 1.54) is 16.2 Å². The number of ether oxygens (including phenoxy) is 1. The summed E-state index contributed by atoms with van der Waals surface area (Å²) in [7, 11) is -4.25. The molecule has 0 saturated heterocycles. The van der Waals surface area contributed by atoms with Crippen molar-refractivity contribution in [1.29, 1.82) is 0 Å². The van der Waals surface area contributed by atoms with Crippen LogP contribution in [0.2, 0.25) is 0 Å². The molecule has 0 bridgehead atoms. The number of aromatic nitrogens is 1. The number of aliphatic hydroxyl groups excluding tert-OH is 1. The first-order valence-electron chi connectivity index (χ1n) is 11.8. The number of methoxy groups -OCH3 is 1. The summed E-state index contributed by atoms with van der Waals surface area (Å²) in [6.07, 6.45) is -0.0961. The van der Waals surface area contributed by atoms with Crippen LogP contribution in [-0.4, -0.2) is 54.5 Å². The van der Waals surface area contributed by atoms with Crippen LogP contribution in [0, 0.1) is 6.92 Å². The molecule has 0 aliphatic heterocycles. The average molecular weight is 533 g/mol. The lowest BCUT2D eigenvalue weighted by atomic mass is 10.1. The fraction of sp³-hybridized carbons (Fsp3) is 0.320. The number of carbonyl (C=O) groups excluding carboxylic acids is 2. The van der Waals surface area contributed by atoms with Gasteiger partial charge in [-0.2, -0.15) is 0 Å². The maximum atomic E-state index is 13.3. The number of ketones is 1. The largest absolute Gasteiger partial charge is 0.497 e. The third-order valence-corrected chi connectivity index (χ3v) is 7.03. The normalized spacial score (nSPS) is 12.6. The highest BCUT2D eigenvalue weighted by molar-refractivity contribution is 7.89. The quantitative estimate of drug-likeness (QED) is 0.342. The van der Waals surface area contributed by atoms with Crippen molar-refractivity contribution in [3.63, 3.8) is 0 Å². The molecule has 0 fully saturated rings. The van der Waals surface area contributed by atoms with Gasteiger partial charge in [-0.25, -0.2) is 18.5 Å². The second-order valence-corrected chi connectivity index (χ2v) is 11.1. The lowest BCUT2D eigenvalue weighted by Gasteiger charge is -2.25. The van der Waals surface area contributed by atoms with Gasteiger partial charge in [0.15, 0.2) is 11.9 Å². The molecule has 3 N–H and O–H groups in total. The van der Waals surface area contributed by atoms with Crippen molar-refractivity contribution in [2.75, 3.05) is 19.4 Å². The first-order valence-corrected chi connectivity index (χ1v) is 13.6. The molecule has 0 spiro atoms. The van der Waals surface area contributed by atoms with Crippen LogP contribution in [0.4, 0.5) is 0 Å². The summed E-state index contributed by atoms with van der Waals surface area (Å²) in [5, 5.41) is 16.3. The molecule has 3 aromatic rings. The van der Waals surface area contributed by atoms with Gasteiger partial charge in [0.2, 0.25) is 10.0 Å². The number of nitrogens with two attached hydrogens (primary N) is 1. The molecule has 0 unspecified atom stereocenters. The van der Waals surface area contributed by atoms with Crippen LogP contribution in [-0.2, 0) is 27.8 Å². The summed E-state index contributed by atoms with van der Waals surface area (Å²) < 4.78 is 34.9. The van der Waals surface area contributed by atoms with Crippen molar-refractivity contribution in [3.05, 3.63) is 81.3 Å². The van der Waals surface area contributed by atoms with Crippen LogP contribution in [0.1, 0.15) is 45.4 Å². The van der Waals surface area contributed by atoms with Crippen molar-refractivity contribution in [1.82, 2.24) is 9.88 Å². The smallest absolute Gasteiger partial charge is 0.256 e. The topological polar surface area (TPSA) is 140 Å². The van der Waals surface area contributed by atoms with Crippen LogP contribution in [0.5, 0.6) is 5.75 Å². The number of aliphatic hydroxyl groups is 1. The SMILES string of the molecule is [2H]COc1ccc([C@@H](O)C(=O)N(CCCc2ccccc2)Cc2nc(C(=O)CS(N)(=O)=O)c(C)s2)cc1. The van der Waals surface area contributed by atoms with Gasteiger partial charge in [-0.05, 0) is 43.0 Å². The Bertz CT molecular complexity index is 1310. The number of aryl methyl sites for hydroxylation is 2. The van der Waals surface area contributed by atoms with E-state index in [1.54, 1.807) is 31.2 Å². The zero-order valence-corrected chi connectivity index (χ0v) is 21.4. The fourth-order valence-corrected chi connectivity index (χ4v) is 5.11. The highest BCUT2D eigenvalue weighted by Gasteiger charge is 2.26. The Balaban J connectivity index is 1.79. The Morgan fingerprint density at radius 3 is 2.53 bits per heavy atom. The third-order valence-electron chi connectivity index (χ3n) is 5.41. The van der Waals surface area contributed by atoms with Crippen molar-refractivity contribution in [3.8, 4) is 5.75 Å². The van der Waals surface area contributed by atoms with Crippen LogP contribution in [0.3, 0.4) is 0 Å². The first-order chi connectivity index (χ1) is 17.6. The van der Waals surface area contributed by atoms with Crippen molar-refractivity contribution in [2.24, 2.45) is 5.14 Å². The molecule has 1 atom stereocenters. The molecule has 0 aliphatic carbocycles. The van der Waals surface area contributed by atoms with Gasteiger partial charge < -0.3 is 14.7 Å². The zero-order chi connectivity index (χ0) is 27.0. The number of thiazole rings is 1. The molecule has 11 heteroatoms. The molecule has 1 heterocycles. The lowest BCUT2D eigenvalue weighted by Crippen LogP contribution is -2.35. The molecule has 192 valence electrons. The average Bonchev–Trinajstić information content (AvgIpc) is 3.23. The van der Waals surface area contributed by atoms with E-state index in [0.29, 0.717) is 34.2 Å². The Morgan fingerprint density at radius 1 is 1.19 bits per heavy atom. The maximum Gasteiger partial charge on any atom is 0.256 e. The molecule has 0 aliphatic rings. The van der Waals surface area contributed by atoms with E-state index in [4.69, 9.17) is 11.2 Å². The minimum atomic E-state index is -4.00. The summed E-state index contributed by atoms with van der Waals surface area (Å²) >= 11 is 1.18. The summed E-state index contributed by atoms with van der Waals surface area (Å²) in [4.78, 5) is 32.0. The second kappa shape index (κ2) is 12.2. The number of amides is 1. The minimum absolute atomic E-state index is 0.0104. The minimum Gasteiger partial charge on any atom is -0.497 e. The van der Waals surface area contributed by atoms with Crippen molar-refractivity contribution in [2.45, 2.75) is 32.4 Å². The van der Waals surface area contributed by atoms with E-state index in [-0.39, 0.29) is 19.3 Å². The number of hydrogen-bond donors (Lipinski definition) is 2. The monoisotopic (exact) mass is 532 g/mol. The standard InChI is InChI=1S/C25H29N3O6S2/c1-17-23(21(29)16-36(26,32)33)27-22(35-17)15-28(14-6-9-18-7-4-3-5-8-18)25(31)24(30)19-10-12-20(34-2)13-11-19/h3-5,7-8,10-13,24,30H,6,9,14-16H2,1-2H3,(H2,26,32,33)/t24-/m1/s1/i2D. The van der Waals surface area contributed by atoms with Crippen molar-refractivity contribution < 1.29 is 29.2 Å². The molecule has 9 nitrogen and oxygen atoms in total. The predicted octanol–water partition coefficient (Wildman–Crippen LogP) is 2.63. The third kappa shape index (κ3) is 7.69. The molecule has 1 amide bonds.